The van der Waals surface area contributed by atoms with Crippen LogP contribution in [0.4, 0.5) is 0 Å². The van der Waals surface area contributed by atoms with Crippen molar-refractivity contribution >= 4 is 17.4 Å². The molecule has 0 heterocycles. The molecule has 0 fully saturated rings. The van der Waals surface area contributed by atoms with Crippen LogP contribution in [0.3, 0.4) is 0 Å². The molecule has 0 amide bonds. The van der Waals surface area contributed by atoms with Crippen molar-refractivity contribution in [1.82, 2.24) is 5.32 Å². The first kappa shape index (κ1) is 11.7. The van der Waals surface area contributed by atoms with E-state index in [-0.39, 0.29) is 6.10 Å². The summed E-state index contributed by atoms with van der Waals surface area (Å²) in [4.78, 5) is 0. The maximum Gasteiger partial charge on any atom is 0.257 e. The van der Waals surface area contributed by atoms with Crippen LogP contribution in [-0.2, 0) is 4.74 Å². The van der Waals surface area contributed by atoms with Gasteiger partial charge in [0.2, 0.25) is 0 Å². The SMILES string of the molecule is CCC(C)NC(=S)OC(C)CC. The Balaban J connectivity index is 3.59. The minimum atomic E-state index is 0.217. The summed E-state index contributed by atoms with van der Waals surface area (Å²) in [5.41, 5.74) is 0. The van der Waals surface area contributed by atoms with E-state index in [0.717, 1.165) is 12.8 Å². The minimum absolute atomic E-state index is 0.217. The molecule has 2 unspecified atom stereocenters. The van der Waals surface area contributed by atoms with Gasteiger partial charge in [0, 0.05) is 6.04 Å². The second-order valence-corrected chi connectivity index (χ2v) is 3.45. The van der Waals surface area contributed by atoms with E-state index in [1.54, 1.807) is 0 Å². The van der Waals surface area contributed by atoms with Gasteiger partial charge in [0.1, 0.15) is 0 Å². The van der Waals surface area contributed by atoms with Crippen LogP contribution in [0.5, 0.6) is 0 Å². The quantitative estimate of drug-likeness (QED) is 0.686. The van der Waals surface area contributed by atoms with Gasteiger partial charge in [-0.25, -0.2) is 0 Å². The van der Waals surface area contributed by atoms with Gasteiger partial charge in [0.15, 0.2) is 0 Å². The molecular formula is C9H19NOS. The summed E-state index contributed by atoms with van der Waals surface area (Å²) in [6.45, 7) is 8.30. The molecule has 0 aliphatic heterocycles. The van der Waals surface area contributed by atoms with E-state index >= 15 is 0 Å². The molecule has 0 spiro atoms. The summed E-state index contributed by atoms with van der Waals surface area (Å²) in [5.74, 6) is 0. The molecule has 2 atom stereocenters. The molecule has 0 aromatic heterocycles. The Kier molecular flexibility index (Phi) is 6.07. The Hall–Kier alpha value is -0.310. The van der Waals surface area contributed by atoms with Crippen molar-refractivity contribution in [2.45, 2.75) is 52.7 Å². The van der Waals surface area contributed by atoms with Gasteiger partial charge < -0.3 is 10.1 Å². The van der Waals surface area contributed by atoms with Crippen molar-refractivity contribution in [3.8, 4) is 0 Å². The van der Waals surface area contributed by atoms with Crippen molar-refractivity contribution in [1.29, 1.82) is 0 Å². The third-order valence-corrected chi connectivity index (χ3v) is 2.07. The molecule has 0 saturated heterocycles. The van der Waals surface area contributed by atoms with Crippen molar-refractivity contribution in [3.63, 3.8) is 0 Å². The van der Waals surface area contributed by atoms with Crippen molar-refractivity contribution < 1.29 is 4.74 Å². The molecule has 72 valence electrons. The Bertz CT molecular complexity index is 124. The van der Waals surface area contributed by atoms with Gasteiger partial charge in [-0.05, 0) is 38.9 Å². The van der Waals surface area contributed by atoms with Crippen LogP contribution in [-0.4, -0.2) is 17.3 Å². The number of thiocarbonyl (C=S) groups is 1. The third-order valence-electron chi connectivity index (χ3n) is 1.86. The van der Waals surface area contributed by atoms with Crippen LogP contribution in [0.15, 0.2) is 0 Å². The molecule has 0 saturated carbocycles. The first-order valence-corrected chi connectivity index (χ1v) is 4.98. The van der Waals surface area contributed by atoms with E-state index in [1.165, 1.54) is 0 Å². The van der Waals surface area contributed by atoms with Gasteiger partial charge in [0.25, 0.3) is 5.17 Å². The Morgan fingerprint density at radius 2 is 1.92 bits per heavy atom. The van der Waals surface area contributed by atoms with E-state index in [0.29, 0.717) is 11.2 Å². The van der Waals surface area contributed by atoms with E-state index in [9.17, 15) is 0 Å². The predicted octanol–water partition coefficient (Wildman–Crippen LogP) is 2.47. The van der Waals surface area contributed by atoms with Gasteiger partial charge in [-0.15, -0.1) is 0 Å². The molecule has 0 aliphatic rings. The largest absolute Gasteiger partial charge is 0.468 e. The van der Waals surface area contributed by atoms with E-state index < -0.39 is 0 Å². The fourth-order valence-electron chi connectivity index (χ4n) is 0.603. The third kappa shape index (κ3) is 5.35. The molecule has 3 heteroatoms. The minimum Gasteiger partial charge on any atom is -0.468 e. The molecule has 0 rings (SSSR count). The van der Waals surface area contributed by atoms with Crippen LogP contribution >= 0.6 is 12.2 Å². The zero-order valence-electron chi connectivity index (χ0n) is 8.39. The number of hydrogen-bond acceptors (Lipinski definition) is 2. The first-order chi connectivity index (χ1) is 5.60. The van der Waals surface area contributed by atoms with Crippen molar-refractivity contribution in [2.24, 2.45) is 0 Å². The Morgan fingerprint density at radius 1 is 1.33 bits per heavy atom. The molecule has 0 bridgehead atoms. The van der Waals surface area contributed by atoms with Crippen molar-refractivity contribution in [3.05, 3.63) is 0 Å². The fraction of sp³-hybridized carbons (Fsp3) is 0.889. The van der Waals surface area contributed by atoms with Gasteiger partial charge in [-0.1, -0.05) is 13.8 Å². The van der Waals surface area contributed by atoms with Crippen LogP contribution in [0.2, 0.25) is 0 Å². The molecular weight excluding hydrogens is 170 g/mol. The highest BCUT2D eigenvalue weighted by Crippen LogP contribution is 1.97. The number of ether oxygens (including phenoxy) is 1. The normalized spacial score (nSPS) is 15.0. The number of rotatable bonds is 4. The van der Waals surface area contributed by atoms with E-state index in [4.69, 9.17) is 17.0 Å². The molecule has 0 aromatic rings. The second-order valence-electron chi connectivity index (χ2n) is 3.08. The molecule has 2 nitrogen and oxygen atoms in total. The summed E-state index contributed by atoms with van der Waals surface area (Å²) in [5, 5.41) is 3.63. The van der Waals surface area contributed by atoms with Crippen LogP contribution in [0.25, 0.3) is 0 Å². The lowest BCUT2D eigenvalue weighted by Gasteiger charge is -2.17. The highest BCUT2D eigenvalue weighted by molar-refractivity contribution is 7.80. The van der Waals surface area contributed by atoms with Crippen LogP contribution < -0.4 is 5.32 Å². The highest BCUT2D eigenvalue weighted by atomic mass is 32.1. The fourth-order valence-corrected chi connectivity index (χ4v) is 0.969. The maximum atomic E-state index is 5.39. The summed E-state index contributed by atoms with van der Waals surface area (Å²) in [6, 6.07) is 0.404. The summed E-state index contributed by atoms with van der Waals surface area (Å²) < 4.78 is 5.39. The summed E-state index contributed by atoms with van der Waals surface area (Å²) >= 11 is 5.01. The zero-order chi connectivity index (χ0) is 9.56. The zero-order valence-corrected chi connectivity index (χ0v) is 9.20. The highest BCUT2D eigenvalue weighted by Gasteiger charge is 2.05. The van der Waals surface area contributed by atoms with Gasteiger partial charge in [0.05, 0.1) is 6.10 Å². The monoisotopic (exact) mass is 189 g/mol. The number of nitrogens with one attached hydrogen (secondary N) is 1. The van der Waals surface area contributed by atoms with Gasteiger partial charge >= 0.3 is 0 Å². The average molecular weight is 189 g/mol. The average Bonchev–Trinajstić information content (AvgIpc) is 2.03. The number of hydrogen-bond donors (Lipinski definition) is 1. The maximum absolute atomic E-state index is 5.39. The lowest BCUT2D eigenvalue weighted by atomic mass is 10.3. The smallest absolute Gasteiger partial charge is 0.257 e. The van der Waals surface area contributed by atoms with E-state index in [1.807, 2.05) is 6.92 Å². The van der Waals surface area contributed by atoms with Crippen molar-refractivity contribution in [2.75, 3.05) is 0 Å². The molecule has 0 radical (unpaired) electrons. The summed E-state index contributed by atoms with van der Waals surface area (Å²) in [7, 11) is 0. The molecule has 12 heavy (non-hydrogen) atoms. The Labute approximate surface area is 80.7 Å². The second kappa shape index (κ2) is 6.23. The lowest BCUT2D eigenvalue weighted by Crippen LogP contribution is -2.34. The van der Waals surface area contributed by atoms with Crippen LogP contribution in [0, 0.1) is 0 Å². The van der Waals surface area contributed by atoms with Crippen LogP contribution in [0.1, 0.15) is 40.5 Å². The predicted molar refractivity (Wildman–Crippen MR) is 56.3 cm³/mol. The topological polar surface area (TPSA) is 21.3 Å². The first-order valence-electron chi connectivity index (χ1n) is 4.57. The molecule has 0 aliphatic carbocycles. The molecule has 0 aromatic carbocycles. The van der Waals surface area contributed by atoms with Gasteiger partial charge in [-0.3, -0.25) is 0 Å². The Morgan fingerprint density at radius 3 is 2.33 bits per heavy atom. The standard InChI is InChI=1S/C9H19NOS/c1-5-7(3)10-9(12)11-8(4)6-2/h7-8H,5-6H2,1-4H3,(H,10,12). The van der Waals surface area contributed by atoms with Gasteiger partial charge in [-0.2, -0.15) is 0 Å². The lowest BCUT2D eigenvalue weighted by molar-refractivity contribution is 0.198. The summed E-state index contributed by atoms with van der Waals surface area (Å²) in [6.07, 6.45) is 2.26. The van der Waals surface area contributed by atoms with E-state index in [2.05, 4.69) is 26.1 Å². The molecule has 1 N–H and O–H groups in total.